The number of benzene rings is 6. The van der Waals surface area contributed by atoms with Crippen LogP contribution in [0.15, 0.2) is 109 Å². The second-order valence-electron chi connectivity index (χ2n) is 12.8. The highest BCUT2D eigenvalue weighted by atomic mass is 14.9. The molecule has 0 bridgehead atoms. The minimum Gasteiger partial charge on any atom is -0.385 e. The molecule has 0 aliphatic rings. The van der Waals surface area contributed by atoms with Gasteiger partial charge >= 0.3 is 0 Å². The summed E-state index contributed by atoms with van der Waals surface area (Å²) in [4.78, 5) is 0. The molecule has 3 nitrogen and oxygen atoms in total. The number of fused-ring (bicyclic) bond motifs is 1. The second kappa shape index (κ2) is 13.1. The highest BCUT2D eigenvalue weighted by Gasteiger charge is 2.21. The molecule has 6 aromatic carbocycles. The summed E-state index contributed by atoms with van der Waals surface area (Å²) in [6.45, 7) is 16.0. The van der Waals surface area contributed by atoms with Crippen molar-refractivity contribution in [2.45, 2.75) is 54.4 Å². The van der Waals surface area contributed by atoms with Crippen LogP contribution in [0.4, 0.5) is 28.4 Å². The maximum atomic E-state index is 3.69. The molecule has 0 spiro atoms. The summed E-state index contributed by atoms with van der Waals surface area (Å²) in [5, 5.41) is 13.5. The van der Waals surface area contributed by atoms with Gasteiger partial charge in [-0.1, -0.05) is 90.0 Å². The van der Waals surface area contributed by atoms with Gasteiger partial charge in [0.2, 0.25) is 0 Å². The van der Waals surface area contributed by atoms with Crippen LogP contribution in [0, 0.1) is 41.5 Å². The van der Waals surface area contributed by atoms with Gasteiger partial charge in [-0.05, 0) is 123 Å². The van der Waals surface area contributed by atoms with Crippen molar-refractivity contribution in [1.29, 1.82) is 0 Å². The van der Waals surface area contributed by atoms with Gasteiger partial charge in [0, 0.05) is 46.3 Å². The molecule has 6 aromatic rings. The highest BCUT2D eigenvalue weighted by molar-refractivity contribution is 5.97. The normalized spacial score (nSPS) is 11.2. The maximum Gasteiger partial charge on any atom is 0.0443 e. The van der Waals surface area contributed by atoms with E-state index in [9.17, 15) is 0 Å². The molecule has 232 valence electrons. The van der Waals surface area contributed by atoms with Gasteiger partial charge in [0.15, 0.2) is 0 Å². The number of aryl methyl sites for hydroxylation is 6. The van der Waals surface area contributed by atoms with Crippen LogP contribution >= 0.6 is 0 Å². The Balaban J connectivity index is 1.40. The van der Waals surface area contributed by atoms with Crippen LogP contribution < -0.4 is 16.0 Å². The molecule has 3 N–H and O–H groups in total. The van der Waals surface area contributed by atoms with Gasteiger partial charge in [-0.15, -0.1) is 0 Å². The van der Waals surface area contributed by atoms with E-state index in [4.69, 9.17) is 0 Å². The van der Waals surface area contributed by atoms with Gasteiger partial charge in [0.1, 0.15) is 0 Å². The molecule has 0 heterocycles. The summed E-state index contributed by atoms with van der Waals surface area (Å²) in [5.74, 6) is 0.0642. The molecule has 0 aliphatic carbocycles. The summed E-state index contributed by atoms with van der Waals surface area (Å²) >= 11 is 0. The van der Waals surface area contributed by atoms with Crippen LogP contribution in [0.25, 0.3) is 10.8 Å². The minimum atomic E-state index is 0.0642. The van der Waals surface area contributed by atoms with E-state index in [1.165, 1.54) is 77.9 Å². The van der Waals surface area contributed by atoms with E-state index < -0.39 is 0 Å². The zero-order valence-corrected chi connectivity index (χ0v) is 28.2. The molecule has 6 rings (SSSR count). The Hall–Kier alpha value is -5.02. The van der Waals surface area contributed by atoms with Gasteiger partial charge in [-0.25, -0.2) is 0 Å². The van der Waals surface area contributed by atoms with Crippen molar-refractivity contribution >= 4 is 39.2 Å². The summed E-state index contributed by atoms with van der Waals surface area (Å²) < 4.78 is 0. The van der Waals surface area contributed by atoms with Crippen molar-refractivity contribution in [2.24, 2.45) is 0 Å². The number of anilines is 5. The Kier molecular flexibility index (Phi) is 8.85. The van der Waals surface area contributed by atoms with Crippen LogP contribution in [-0.2, 0) is 0 Å². The number of hydrogen-bond donors (Lipinski definition) is 3. The van der Waals surface area contributed by atoms with Gasteiger partial charge < -0.3 is 16.0 Å². The van der Waals surface area contributed by atoms with Crippen LogP contribution in [0.2, 0.25) is 0 Å². The molecule has 46 heavy (non-hydrogen) atoms. The SMILES string of the molecule is CCNc1ccc(C(c2ccc(Nc3c(C)cc(C)cc3C)cc2)c2ccc(Nc3c(C)cc(C)cc3C)cc2)c2ccccc12. The summed E-state index contributed by atoms with van der Waals surface area (Å²) in [5.41, 5.74) is 17.2. The number of hydrogen-bond acceptors (Lipinski definition) is 3. The molecule has 0 atom stereocenters. The molecule has 0 aromatic heterocycles. The van der Waals surface area contributed by atoms with Crippen molar-refractivity contribution in [1.82, 2.24) is 0 Å². The Morgan fingerprint density at radius 3 is 1.37 bits per heavy atom. The Morgan fingerprint density at radius 1 is 0.500 bits per heavy atom. The Bertz CT molecular complexity index is 1850. The van der Waals surface area contributed by atoms with E-state index in [1.807, 2.05) is 0 Å². The van der Waals surface area contributed by atoms with Crippen LogP contribution in [0.3, 0.4) is 0 Å². The van der Waals surface area contributed by atoms with Crippen LogP contribution in [-0.4, -0.2) is 6.54 Å². The van der Waals surface area contributed by atoms with Crippen molar-refractivity contribution < 1.29 is 0 Å². The van der Waals surface area contributed by atoms with Crippen molar-refractivity contribution in [3.05, 3.63) is 159 Å². The van der Waals surface area contributed by atoms with Gasteiger partial charge in [0.05, 0.1) is 0 Å². The Labute approximate surface area is 274 Å². The smallest absolute Gasteiger partial charge is 0.0443 e. The number of rotatable bonds is 9. The molecule has 0 amide bonds. The van der Waals surface area contributed by atoms with E-state index in [1.54, 1.807) is 0 Å². The fourth-order valence-corrected chi connectivity index (χ4v) is 7.03. The molecule has 3 heteroatoms. The molecule has 0 saturated carbocycles. The topological polar surface area (TPSA) is 36.1 Å². The predicted octanol–water partition coefficient (Wildman–Crippen LogP) is 11.8. The predicted molar refractivity (Wildman–Crippen MR) is 200 cm³/mol. The van der Waals surface area contributed by atoms with Crippen LogP contribution in [0.5, 0.6) is 0 Å². The molecule has 0 radical (unpaired) electrons. The number of nitrogens with one attached hydrogen (secondary N) is 3. The van der Waals surface area contributed by atoms with E-state index in [0.717, 1.165) is 17.9 Å². The maximum absolute atomic E-state index is 3.69. The molecule has 0 aliphatic heterocycles. The molecule has 0 fully saturated rings. The third-order valence-electron chi connectivity index (χ3n) is 9.02. The molecular weight excluding hydrogens is 558 g/mol. The largest absolute Gasteiger partial charge is 0.385 e. The average molecular weight is 604 g/mol. The van der Waals surface area contributed by atoms with E-state index >= 15 is 0 Å². The first kappa shape index (κ1) is 31.0. The second-order valence-corrected chi connectivity index (χ2v) is 12.8. The van der Waals surface area contributed by atoms with E-state index in [0.29, 0.717) is 0 Å². The van der Waals surface area contributed by atoms with E-state index in [-0.39, 0.29) is 5.92 Å². The third kappa shape index (κ3) is 6.37. The van der Waals surface area contributed by atoms with Gasteiger partial charge in [-0.3, -0.25) is 0 Å². The average Bonchev–Trinajstić information content (AvgIpc) is 3.03. The Morgan fingerprint density at radius 2 is 0.935 bits per heavy atom. The zero-order valence-electron chi connectivity index (χ0n) is 28.2. The summed E-state index contributed by atoms with van der Waals surface area (Å²) in [6, 6.07) is 40.3. The third-order valence-corrected chi connectivity index (χ3v) is 9.02. The van der Waals surface area contributed by atoms with E-state index in [2.05, 4.69) is 174 Å². The van der Waals surface area contributed by atoms with Crippen molar-refractivity contribution in [3.63, 3.8) is 0 Å². The van der Waals surface area contributed by atoms with Gasteiger partial charge in [-0.2, -0.15) is 0 Å². The van der Waals surface area contributed by atoms with Crippen LogP contribution in [0.1, 0.15) is 62.9 Å². The lowest BCUT2D eigenvalue weighted by molar-refractivity contribution is 0.989. The molecular formula is C43H45N3. The highest BCUT2D eigenvalue weighted by Crippen LogP contribution is 2.40. The fourth-order valence-electron chi connectivity index (χ4n) is 7.03. The molecule has 0 saturated heterocycles. The minimum absolute atomic E-state index is 0.0642. The first-order valence-electron chi connectivity index (χ1n) is 16.4. The lowest BCUT2D eigenvalue weighted by Gasteiger charge is -2.23. The fraction of sp³-hybridized carbons (Fsp3) is 0.209. The lowest BCUT2D eigenvalue weighted by Crippen LogP contribution is -2.06. The lowest BCUT2D eigenvalue weighted by atomic mass is 9.82. The first-order valence-corrected chi connectivity index (χ1v) is 16.4. The standard InChI is InChI=1S/C43H45N3/c1-8-44-40-22-21-39(37-11-9-10-12-38(37)40)41(33-13-17-35(18-14-33)45-42-29(4)23-27(2)24-30(42)5)34-15-19-36(20-16-34)46-43-31(6)25-28(3)26-32(43)7/h9-26,41,44-46H,8H2,1-7H3. The summed E-state index contributed by atoms with van der Waals surface area (Å²) in [6.07, 6.45) is 0. The monoisotopic (exact) mass is 603 g/mol. The first-order chi connectivity index (χ1) is 22.2. The summed E-state index contributed by atoms with van der Waals surface area (Å²) in [7, 11) is 0. The van der Waals surface area contributed by atoms with Crippen molar-refractivity contribution in [2.75, 3.05) is 22.5 Å². The zero-order chi connectivity index (χ0) is 32.4. The molecule has 0 unspecified atom stereocenters. The van der Waals surface area contributed by atoms with Crippen molar-refractivity contribution in [3.8, 4) is 0 Å². The quantitative estimate of drug-likeness (QED) is 0.144. The van der Waals surface area contributed by atoms with Gasteiger partial charge in [0.25, 0.3) is 0 Å².